The van der Waals surface area contributed by atoms with Crippen LogP contribution < -0.4 is 0 Å². The van der Waals surface area contributed by atoms with Crippen molar-refractivity contribution in [1.29, 1.82) is 0 Å². The highest BCUT2D eigenvalue weighted by molar-refractivity contribution is 5.76. The molecule has 6 heteroatoms. The maximum absolute atomic E-state index is 12.3. The first kappa shape index (κ1) is 20.1. The Bertz CT molecular complexity index is 797. The van der Waals surface area contributed by atoms with Gasteiger partial charge in [-0.3, -0.25) is 9.69 Å². The first-order valence-electron chi connectivity index (χ1n) is 10.1. The molecule has 2 heterocycles. The fourth-order valence-corrected chi connectivity index (χ4v) is 3.56. The summed E-state index contributed by atoms with van der Waals surface area (Å²) < 4.78 is 2.16. The molecule has 0 atom stereocenters. The number of benzene rings is 1. The highest BCUT2D eigenvalue weighted by Gasteiger charge is 2.21. The SMILES string of the molecule is [C-]#[N+]c1ccc(Cn2cncc2CN2CCN(C(=O)CCCCC)CC2)cc1. The Kier molecular flexibility index (Phi) is 7.21. The van der Waals surface area contributed by atoms with E-state index in [4.69, 9.17) is 6.57 Å². The van der Waals surface area contributed by atoms with Gasteiger partial charge in [0, 0.05) is 51.9 Å². The molecule has 1 aromatic carbocycles. The van der Waals surface area contributed by atoms with Crippen molar-refractivity contribution in [1.82, 2.24) is 19.4 Å². The highest BCUT2D eigenvalue weighted by atomic mass is 16.2. The fourth-order valence-electron chi connectivity index (χ4n) is 3.56. The van der Waals surface area contributed by atoms with Crippen LogP contribution in [0.15, 0.2) is 36.8 Å². The standard InChI is InChI=1S/C22H29N5O/c1-3-4-5-6-22(28)26-13-11-25(12-14-26)17-21-15-24-18-27(21)16-19-7-9-20(23-2)10-8-19/h7-10,15,18H,3-6,11-14,16-17H2,1H3. The molecule has 0 N–H and O–H groups in total. The molecule has 1 aliphatic rings. The minimum absolute atomic E-state index is 0.306. The van der Waals surface area contributed by atoms with Gasteiger partial charge in [-0.05, 0) is 12.0 Å². The van der Waals surface area contributed by atoms with Crippen molar-refractivity contribution in [3.05, 3.63) is 59.5 Å². The van der Waals surface area contributed by atoms with Crippen LogP contribution in [0.2, 0.25) is 0 Å². The van der Waals surface area contributed by atoms with Crippen LogP contribution in [0.3, 0.4) is 0 Å². The van der Waals surface area contributed by atoms with Crippen LogP contribution in [0.5, 0.6) is 0 Å². The topological polar surface area (TPSA) is 45.7 Å². The van der Waals surface area contributed by atoms with E-state index in [0.717, 1.165) is 64.1 Å². The average molecular weight is 380 g/mol. The van der Waals surface area contributed by atoms with Gasteiger partial charge < -0.3 is 9.47 Å². The van der Waals surface area contributed by atoms with E-state index < -0.39 is 0 Å². The number of hydrogen-bond donors (Lipinski definition) is 0. The van der Waals surface area contributed by atoms with Crippen LogP contribution >= 0.6 is 0 Å². The molecule has 0 unspecified atom stereocenters. The molecule has 0 radical (unpaired) electrons. The smallest absolute Gasteiger partial charge is 0.222 e. The van der Waals surface area contributed by atoms with Gasteiger partial charge in [-0.1, -0.05) is 44.0 Å². The Morgan fingerprint density at radius 3 is 2.54 bits per heavy atom. The third kappa shape index (κ3) is 5.43. The Morgan fingerprint density at radius 2 is 1.86 bits per heavy atom. The lowest BCUT2D eigenvalue weighted by Crippen LogP contribution is -2.48. The van der Waals surface area contributed by atoms with Gasteiger partial charge in [0.05, 0.1) is 18.6 Å². The van der Waals surface area contributed by atoms with Crippen LogP contribution in [0.4, 0.5) is 5.69 Å². The second-order valence-corrected chi connectivity index (χ2v) is 7.41. The number of rotatable bonds is 8. The Morgan fingerprint density at radius 1 is 1.11 bits per heavy atom. The lowest BCUT2D eigenvalue weighted by Gasteiger charge is -2.34. The Balaban J connectivity index is 1.50. The van der Waals surface area contributed by atoms with Crippen LogP contribution in [0.1, 0.15) is 43.9 Å². The lowest BCUT2D eigenvalue weighted by molar-refractivity contribution is -0.133. The molecule has 1 aromatic heterocycles. The predicted octanol–water partition coefficient (Wildman–Crippen LogP) is 3.71. The average Bonchev–Trinajstić information content (AvgIpc) is 3.15. The quantitative estimate of drug-likeness (QED) is 0.519. The molecule has 0 saturated carbocycles. The normalized spacial score (nSPS) is 14.8. The van der Waals surface area contributed by atoms with Gasteiger partial charge in [0.1, 0.15) is 0 Å². The zero-order valence-electron chi connectivity index (χ0n) is 16.7. The van der Waals surface area contributed by atoms with Crippen LogP contribution in [0.25, 0.3) is 4.85 Å². The van der Waals surface area contributed by atoms with E-state index in [-0.39, 0.29) is 0 Å². The Hall–Kier alpha value is -2.65. The molecule has 1 saturated heterocycles. The summed E-state index contributed by atoms with van der Waals surface area (Å²) in [5, 5.41) is 0. The van der Waals surface area contributed by atoms with E-state index in [1.54, 1.807) is 0 Å². The summed E-state index contributed by atoms with van der Waals surface area (Å²) in [5.41, 5.74) is 3.00. The summed E-state index contributed by atoms with van der Waals surface area (Å²) in [4.78, 5) is 24.4. The van der Waals surface area contributed by atoms with Gasteiger partial charge in [0.15, 0.2) is 5.69 Å². The largest absolute Gasteiger partial charge is 0.340 e. The zero-order chi connectivity index (χ0) is 19.8. The molecular weight excluding hydrogens is 350 g/mol. The third-order valence-corrected chi connectivity index (χ3v) is 5.32. The minimum atomic E-state index is 0.306. The van der Waals surface area contributed by atoms with E-state index in [1.165, 1.54) is 5.69 Å². The number of carbonyl (C=O) groups is 1. The summed E-state index contributed by atoms with van der Waals surface area (Å²) >= 11 is 0. The molecule has 1 amide bonds. The Labute approximate surface area is 167 Å². The molecule has 28 heavy (non-hydrogen) atoms. The van der Waals surface area contributed by atoms with Gasteiger partial charge in [-0.15, -0.1) is 0 Å². The second kappa shape index (κ2) is 10.0. The van der Waals surface area contributed by atoms with Crippen molar-refractivity contribution in [2.75, 3.05) is 26.2 Å². The maximum atomic E-state index is 12.3. The number of piperazine rings is 1. The van der Waals surface area contributed by atoms with Gasteiger partial charge in [-0.25, -0.2) is 9.83 Å². The third-order valence-electron chi connectivity index (χ3n) is 5.32. The van der Waals surface area contributed by atoms with Gasteiger partial charge in [0.2, 0.25) is 5.91 Å². The first-order valence-corrected chi connectivity index (χ1v) is 10.1. The molecule has 1 fully saturated rings. The van der Waals surface area contributed by atoms with E-state index in [1.807, 2.05) is 41.7 Å². The number of unbranched alkanes of at least 4 members (excludes halogenated alkanes) is 2. The van der Waals surface area contributed by atoms with E-state index in [9.17, 15) is 4.79 Å². The van der Waals surface area contributed by atoms with E-state index in [0.29, 0.717) is 18.0 Å². The summed E-state index contributed by atoms with van der Waals surface area (Å²) in [6.45, 7) is 14.3. The molecule has 0 spiro atoms. The van der Waals surface area contributed by atoms with Crippen molar-refractivity contribution in [3.63, 3.8) is 0 Å². The van der Waals surface area contributed by atoms with E-state index >= 15 is 0 Å². The van der Waals surface area contributed by atoms with Crippen molar-refractivity contribution in [2.24, 2.45) is 0 Å². The van der Waals surface area contributed by atoms with Gasteiger partial charge >= 0.3 is 0 Å². The van der Waals surface area contributed by atoms with Crippen molar-refractivity contribution in [2.45, 2.75) is 45.7 Å². The number of hydrogen-bond acceptors (Lipinski definition) is 3. The van der Waals surface area contributed by atoms with Gasteiger partial charge in [0.25, 0.3) is 0 Å². The number of amides is 1. The second-order valence-electron chi connectivity index (χ2n) is 7.41. The van der Waals surface area contributed by atoms with Crippen molar-refractivity contribution >= 4 is 11.6 Å². The van der Waals surface area contributed by atoms with Crippen LogP contribution in [-0.2, 0) is 17.9 Å². The molecule has 2 aromatic rings. The summed E-state index contributed by atoms with van der Waals surface area (Å²) in [6, 6.07) is 7.71. The maximum Gasteiger partial charge on any atom is 0.222 e. The molecule has 1 aliphatic heterocycles. The first-order chi connectivity index (χ1) is 13.7. The predicted molar refractivity (Wildman–Crippen MR) is 110 cm³/mol. The van der Waals surface area contributed by atoms with Crippen molar-refractivity contribution < 1.29 is 4.79 Å². The molecular formula is C22H29N5O. The molecule has 0 aliphatic carbocycles. The number of aromatic nitrogens is 2. The molecule has 0 bridgehead atoms. The van der Waals surface area contributed by atoms with Crippen molar-refractivity contribution in [3.8, 4) is 0 Å². The summed E-state index contributed by atoms with van der Waals surface area (Å²) in [7, 11) is 0. The zero-order valence-corrected chi connectivity index (χ0v) is 16.7. The highest BCUT2D eigenvalue weighted by Crippen LogP contribution is 2.15. The lowest BCUT2D eigenvalue weighted by atomic mass is 10.2. The van der Waals surface area contributed by atoms with E-state index in [2.05, 4.69) is 26.2 Å². The van der Waals surface area contributed by atoms with Crippen LogP contribution in [-0.4, -0.2) is 51.4 Å². The number of nitrogens with zero attached hydrogens (tertiary/aromatic N) is 5. The summed E-state index contributed by atoms with van der Waals surface area (Å²) in [6.07, 6.45) is 7.77. The van der Waals surface area contributed by atoms with Gasteiger partial charge in [-0.2, -0.15) is 0 Å². The van der Waals surface area contributed by atoms with Crippen LogP contribution in [0, 0.1) is 6.57 Å². The summed E-state index contributed by atoms with van der Waals surface area (Å²) in [5.74, 6) is 0.306. The fraction of sp³-hybridized carbons (Fsp3) is 0.500. The monoisotopic (exact) mass is 379 g/mol. The number of imidazole rings is 1. The molecule has 3 rings (SSSR count). The minimum Gasteiger partial charge on any atom is -0.340 e. The molecule has 148 valence electrons. The number of carbonyl (C=O) groups excluding carboxylic acids is 1. The molecule has 6 nitrogen and oxygen atoms in total.